The molecule has 0 spiro atoms. The first-order valence-corrected chi connectivity index (χ1v) is 11.1. The highest BCUT2D eigenvalue weighted by Crippen LogP contribution is 2.39. The number of allylic oxidation sites excluding steroid dienone is 2. The maximum atomic E-state index is 10.5. The molecule has 1 aromatic rings. The van der Waals surface area contributed by atoms with E-state index in [1.54, 1.807) is 0 Å². The summed E-state index contributed by atoms with van der Waals surface area (Å²) in [4.78, 5) is 10.5. The molecule has 0 amide bonds. The smallest absolute Gasteiger partial charge is 0.303 e. The van der Waals surface area contributed by atoms with Crippen LogP contribution in [-0.4, -0.2) is 39.6 Å². The van der Waals surface area contributed by atoms with Gasteiger partial charge >= 0.3 is 5.97 Å². The van der Waals surface area contributed by atoms with E-state index in [2.05, 4.69) is 21.6 Å². The maximum absolute atomic E-state index is 10.5. The van der Waals surface area contributed by atoms with E-state index in [1.807, 2.05) is 30.4 Å². The summed E-state index contributed by atoms with van der Waals surface area (Å²) in [5.41, 5.74) is 1.29. The van der Waals surface area contributed by atoms with Gasteiger partial charge in [0.2, 0.25) is 0 Å². The van der Waals surface area contributed by atoms with Gasteiger partial charge in [-0.1, -0.05) is 42.5 Å². The number of aliphatic hydroxyl groups is 2. The topological polar surface area (TPSA) is 87.0 Å². The number of benzene rings is 1. The molecule has 3 N–H and O–H groups in total. The second-order valence-corrected chi connectivity index (χ2v) is 8.32. The minimum Gasteiger partial charge on any atom is -0.481 e. The molecule has 0 saturated heterocycles. The summed E-state index contributed by atoms with van der Waals surface area (Å²) < 4.78 is 5.58. The van der Waals surface area contributed by atoms with Gasteiger partial charge in [-0.2, -0.15) is 0 Å². The van der Waals surface area contributed by atoms with Crippen molar-refractivity contribution in [3.63, 3.8) is 0 Å². The van der Waals surface area contributed by atoms with Gasteiger partial charge < -0.3 is 19.8 Å². The zero-order valence-electron chi connectivity index (χ0n) is 17.0. The van der Waals surface area contributed by atoms with Crippen LogP contribution in [0.3, 0.4) is 0 Å². The minimum absolute atomic E-state index is 0.0417. The van der Waals surface area contributed by atoms with E-state index in [1.165, 1.54) is 5.56 Å². The molecule has 0 bridgehead atoms. The summed E-state index contributed by atoms with van der Waals surface area (Å²) in [6, 6.07) is 10.3. The minimum atomic E-state index is -0.772. The summed E-state index contributed by atoms with van der Waals surface area (Å²) in [5, 5.41) is 29.5. The molecule has 0 aliphatic heterocycles. The van der Waals surface area contributed by atoms with Gasteiger partial charge in [-0.3, -0.25) is 4.79 Å². The van der Waals surface area contributed by atoms with Gasteiger partial charge in [0.25, 0.3) is 0 Å². The number of unbranched alkanes of at least 4 members (excludes halogenated alkanes) is 1. The third-order valence-electron chi connectivity index (χ3n) is 5.97. The van der Waals surface area contributed by atoms with Gasteiger partial charge in [0.15, 0.2) is 0 Å². The molecule has 6 atom stereocenters. The largest absolute Gasteiger partial charge is 0.481 e. The zero-order chi connectivity index (χ0) is 21.1. The van der Waals surface area contributed by atoms with Crippen molar-refractivity contribution in [2.45, 2.75) is 76.1 Å². The molecule has 1 aliphatic rings. The van der Waals surface area contributed by atoms with E-state index in [-0.39, 0.29) is 24.4 Å². The summed E-state index contributed by atoms with van der Waals surface area (Å²) in [6.07, 6.45) is 9.39. The van der Waals surface area contributed by atoms with Crippen LogP contribution in [0.1, 0.15) is 56.9 Å². The normalized spacial score (nSPS) is 25.5. The zero-order valence-corrected chi connectivity index (χ0v) is 18.2. The Morgan fingerprint density at radius 2 is 1.86 bits per heavy atom. The van der Waals surface area contributed by atoms with Crippen LogP contribution in [0.5, 0.6) is 0 Å². The fourth-order valence-electron chi connectivity index (χ4n) is 4.28. The molecule has 1 saturated carbocycles. The molecule has 0 aromatic heterocycles. The molecule has 2 rings (SSSR count). The first-order chi connectivity index (χ1) is 14.0. The summed E-state index contributed by atoms with van der Waals surface area (Å²) in [6.45, 7) is 0. The van der Waals surface area contributed by atoms with Crippen LogP contribution in [-0.2, 0) is 15.7 Å². The number of carbonyl (C=O) groups is 1. The summed E-state index contributed by atoms with van der Waals surface area (Å²) in [7, 11) is 2.37. The van der Waals surface area contributed by atoms with E-state index >= 15 is 0 Å². The van der Waals surface area contributed by atoms with Crippen LogP contribution >= 0.6 is 9.47 Å². The van der Waals surface area contributed by atoms with Gasteiger partial charge in [-0.15, -0.1) is 0 Å². The van der Waals surface area contributed by atoms with Gasteiger partial charge in [0.1, 0.15) is 0 Å². The van der Waals surface area contributed by atoms with Crippen LogP contribution in [0.4, 0.5) is 0 Å². The molecule has 1 unspecified atom stereocenters. The number of carboxylic acid groups (broad SMARTS) is 1. The van der Waals surface area contributed by atoms with Crippen molar-refractivity contribution < 1.29 is 24.6 Å². The lowest BCUT2D eigenvalue weighted by atomic mass is 9.85. The maximum Gasteiger partial charge on any atom is 0.303 e. The van der Waals surface area contributed by atoms with Crippen molar-refractivity contribution in [2.75, 3.05) is 0 Å². The predicted molar refractivity (Wildman–Crippen MR) is 117 cm³/mol. The van der Waals surface area contributed by atoms with Crippen molar-refractivity contribution in [1.82, 2.24) is 0 Å². The number of aliphatic hydroxyl groups excluding tert-OH is 2. The Balaban J connectivity index is 1.79. The molecule has 0 radical (unpaired) electrons. The molecule has 1 aromatic carbocycles. The molecule has 5 nitrogen and oxygen atoms in total. The Bertz CT molecular complexity index is 621. The molecular formula is C23H35O5P. The lowest BCUT2D eigenvalue weighted by molar-refractivity contribution is -0.137. The molecule has 162 valence electrons. The highest BCUT2D eigenvalue weighted by molar-refractivity contribution is 7.09. The lowest BCUT2D eigenvalue weighted by Crippen LogP contribution is -2.23. The van der Waals surface area contributed by atoms with Crippen molar-refractivity contribution in [1.29, 1.82) is 0 Å². The summed E-state index contributed by atoms with van der Waals surface area (Å²) >= 11 is 0. The van der Waals surface area contributed by atoms with E-state index < -0.39 is 18.2 Å². The highest BCUT2D eigenvalue weighted by Gasteiger charge is 2.40. The van der Waals surface area contributed by atoms with E-state index in [4.69, 9.17) is 9.63 Å². The molecular weight excluding hydrogens is 387 g/mol. The second-order valence-electron chi connectivity index (χ2n) is 8.05. The molecule has 6 heteroatoms. The Labute approximate surface area is 176 Å². The number of aryl methyl sites for hydroxylation is 1. The number of hydrogen-bond donors (Lipinski definition) is 3. The van der Waals surface area contributed by atoms with E-state index in [0.717, 1.165) is 32.1 Å². The van der Waals surface area contributed by atoms with Crippen molar-refractivity contribution >= 4 is 15.4 Å². The fraction of sp³-hybridized carbons (Fsp3) is 0.609. The monoisotopic (exact) mass is 422 g/mol. The summed E-state index contributed by atoms with van der Waals surface area (Å²) in [5.74, 6) is -0.668. The molecule has 1 aliphatic carbocycles. The fourth-order valence-corrected chi connectivity index (χ4v) is 4.55. The Hall–Kier alpha value is -1.26. The number of carboxylic acids is 1. The van der Waals surface area contributed by atoms with E-state index in [9.17, 15) is 15.0 Å². The van der Waals surface area contributed by atoms with Gasteiger partial charge in [-0.05, 0) is 68.8 Å². The average Bonchev–Trinajstić information content (AvgIpc) is 2.98. The Morgan fingerprint density at radius 1 is 1.14 bits per heavy atom. The second kappa shape index (κ2) is 13.1. The number of hydrogen-bond acceptors (Lipinski definition) is 4. The lowest BCUT2D eigenvalue weighted by Gasteiger charge is -2.24. The first kappa shape index (κ1) is 24.0. The predicted octanol–water partition coefficient (Wildman–Crippen LogP) is 4.13. The number of rotatable bonds is 13. The quantitative estimate of drug-likeness (QED) is 0.253. The van der Waals surface area contributed by atoms with Gasteiger partial charge in [0, 0.05) is 15.9 Å². The Kier molecular flexibility index (Phi) is 10.9. The van der Waals surface area contributed by atoms with Crippen LogP contribution < -0.4 is 0 Å². The van der Waals surface area contributed by atoms with Crippen molar-refractivity contribution in [3.05, 3.63) is 48.0 Å². The van der Waals surface area contributed by atoms with Crippen LogP contribution in [0.25, 0.3) is 0 Å². The molecule has 0 heterocycles. The van der Waals surface area contributed by atoms with Crippen LogP contribution in [0, 0.1) is 11.8 Å². The average molecular weight is 423 g/mol. The van der Waals surface area contributed by atoms with Crippen LogP contribution in [0.15, 0.2) is 42.5 Å². The molecule has 1 fully saturated rings. The van der Waals surface area contributed by atoms with Crippen LogP contribution in [0.2, 0.25) is 0 Å². The van der Waals surface area contributed by atoms with Gasteiger partial charge in [-0.25, -0.2) is 0 Å². The highest BCUT2D eigenvalue weighted by atomic mass is 31.0. The molecule has 29 heavy (non-hydrogen) atoms. The first-order valence-electron chi connectivity index (χ1n) is 10.6. The van der Waals surface area contributed by atoms with Crippen molar-refractivity contribution in [3.8, 4) is 0 Å². The standard InChI is InChI=1S/C23H35O5P/c24-21-16-22(25)20(19(21)10-6-1-2-7-11-23(26)27)15-14-18(28-29)13-12-17-8-4-3-5-9-17/h1,3-6,8-9,18-22,24-25H,2,7,10-16,29H2,(H,26,27)/t18-,19+,20+,21-,22+/m0/s1. The van der Waals surface area contributed by atoms with Crippen molar-refractivity contribution in [2.24, 2.45) is 11.8 Å². The third kappa shape index (κ3) is 8.55. The SMILES string of the molecule is O=C(O)CCCC=CC[C@@H]1[C@@H](CC[C@H](CCc2ccccc2)OP)[C@H](O)C[C@@H]1O. The van der Waals surface area contributed by atoms with E-state index in [0.29, 0.717) is 19.3 Å². The van der Waals surface area contributed by atoms with Gasteiger partial charge in [0.05, 0.1) is 18.3 Å². The third-order valence-corrected chi connectivity index (χ3v) is 6.35. The Morgan fingerprint density at radius 3 is 2.55 bits per heavy atom. The number of aliphatic carboxylic acids is 1.